The summed E-state index contributed by atoms with van der Waals surface area (Å²) in [6.07, 6.45) is 1.49. The zero-order valence-electron chi connectivity index (χ0n) is 3.66. The van der Waals surface area contributed by atoms with Gasteiger partial charge >= 0.3 is 0 Å². The molecular weight excluding hydrogens is 94.0 g/mol. The first-order valence-electron chi connectivity index (χ1n) is 1.94. The van der Waals surface area contributed by atoms with Gasteiger partial charge in [0.2, 0.25) is 0 Å². The van der Waals surface area contributed by atoms with E-state index in [2.05, 4.69) is 9.68 Å². The van der Waals surface area contributed by atoms with Crippen LogP contribution < -0.4 is 0 Å². The lowest BCUT2D eigenvalue weighted by atomic mass is 10.5. The topological polar surface area (TPSA) is 46.3 Å². The first kappa shape index (κ1) is 4.33. The van der Waals surface area contributed by atoms with Crippen LogP contribution in [0.4, 0.5) is 0 Å². The molecule has 1 N–H and O–H groups in total. The molecule has 1 aromatic rings. The van der Waals surface area contributed by atoms with Crippen LogP contribution in [0.2, 0.25) is 0 Å². The summed E-state index contributed by atoms with van der Waals surface area (Å²) in [5.74, 6) is 0.500. The number of hydrogen-bond donors (Lipinski definition) is 1. The standard InChI is InChI=1S/C4H5NO2/c6-3-4-1-2-5-7-4/h1-2,6H,3H2. The molecule has 1 aromatic heterocycles. The van der Waals surface area contributed by atoms with Crippen molar-refractivity contribution in [2.45, 2.75) is 6.61 Å². The molecule has 7 heavy (non-hydrogen) atoms. The quantitative estimate of drug-likeness (QED) is 0.545. The zero-order valence-corrected chi connectivity index (χ0v) is 3.66. The van der Waals surface area contributed by atoms with Crippen molar-refractivity contribution >= 4 is 0 Å². The summed E-state index contributed by atoms with van der Waals surface area (Å²) in [4.78, 5) is 0. The highest BCUT2D eigenvalue weighted by Gasteiger charge is 1.87. The fraction of sp³-hybridized carbons (Fsp3) is 0.250. The molecule has 0 saturated carbocycles. The second-order valence-electron chi connectivity index (χ2n) is 1.14. The summed E-state index contributed by atoms with van der Waals surface area (Å²) in [5.41, 5.74) is 0. The number of rotatable bonds is 1. The third-order valence-electron chi connectivity index (χ3n) is 0.647. The Morgan fingerprint density at radius 2 is 2.71 bits per heavy atom. The van der Waals surface area contributed by atoms with Crippen LogP contribution in [0.1, 0.15) is 5.76 Å². The van der Waals surface area contributed by atoms with E-state index in [1.165, 1.54) is 6.20 Å². The van der Waals surface area contributed by atoms with Crippen LogP contribution in [-0.4, -0.2) is 10.3 Å². The van der Waals surface area contributed by atoms with Gasteiger partial charge in [0.15, 0.2) is 5.76 Å². The van der Waals surface area contributed by atoms with E-state index in [0.717, 1.165) is 0 Å². The molecule has 0 aromatic carbocycles. The van der Waals surface area contributed by atoms with Gasteiger partial charge in [-0.3, -0.25) is 0 Å². The maximum atomic E-state index is 8.29. The maximum absolute atomic E-state index is 8.29. The predicted octanol–water partition coefficient (Wildman–Crippen LogP) is 0.167. The fourth-order valence-corrected chi connectivity index (χ4v) is 0.324. The highest BCUT2D eigenvalue weighted by Crippen LogP contribution is 1.92. The van der Waals surface area contributed by atoms with E-state index < -0.39 is 0 Å². The first-order chi connectivity index (χ1) is 3.43. The SMILES string of the molecule is OCc1ccno1. The smallest absolute Gasteiger partial charge is 0.162 e. The van der Waals surface area contributed by atoms with E-state index in [0.29, 0.717) is 5.76 Å². The Morgan fingerprint density at radius 1 is 1.86 bits per heavy atom. The Hall–Kier alpha value is -0.830. The minimum absolute atomic E-state index is 0.0694. The molecule has 0 bridgehead atoms. The highest BCUT2D eigenvalue weighted by molar-refractivity contribution is 4.89. The molecule has 0 spiro atoms. The van der Waals surface area contributed by atoms with Gasteiger partial charge in [-0.25, -0.2) is 0 Å². The number of aliphatic hydroxyl groups is 1. The largest absolute Gasteiger partial charge is 0.388 e. The third-order valence-corrected chi connectivity index (χ3v) is 0.647. The van der Waals surface area contributed by atoms with Gasteiger partial charge in [0, 0.05) is 6.07 Å². The van der Waals surface area contributed by atoms with E-state index in [1.807, 2.05) is 0 Å². The molecule has 0 atom stereocenters. The molecule has 3 nitrogen and oxygen atoms in total. The van der Waals surface area contributed by atoms with Crippen molar-refractivity contribution in [3.63, 3.8) is 0 Å². The highest BCUT2D eigenvalue weighted by atomic mass is 16.5. The molecule has 1 heterocycles. The van der Waals surface area contributed by atoms with Gasteiger partial charge in [0.1, 0.15) is 6.61 Å². The normalized spacial score (nSPS) is 9.29. The van der Waals surface area contributed by atoms with Crippen molar-refractivity contribution < 1.29 is 9.63 Å². The Balaban J connectivity index is 2.76. The van der Waals surface area contributed by atoms with Gasteiger partial charge in [-0.15, -0.1) is 0 Å². The molecule has 38 valence electrons. The first-order valence-corrected chi connectivity index (χ1v) is 1.94. The van der Waals surface area contributed by atoms with Gasteiger partial charge in [-0.2, -0.15) is 0 Å². The van der Waals surface area contributed by atoms with E-state index >= 15 is 0 Å². The van der Waals surface area contributed by atoms with Crippen LogP contribution in [-0.2, 0) is 6.61 Å². The molecule has 0 aliphatic rings. The van der Waals surface area contributed by atoms with Crippen molar-refractivity contribution in [3.8, 4) is 0 Å². The van der Waals surface area contributed by atoms with Gasteiger partial charge in [-0.1, -0.05) is 5.16 Å². The number of hydrogen-bond acceptors (Lipinski definition) is 3. The second kappa shape index (κ2) is 1.75. The van der Waals surface area contributed by atoms with Crippen LogP contribution in [0.3, 0.4) is 0 Å². The monoisotopic (exact) mass is 99.0 g/mol. The van der Waals surface area contributed by atoms with Crippen molar-refractivity contribution in [1.82, 2.24) is 5.16 Å². The minimum Gasteiger partial charge on any atom is -0.388 e. The van der Waals surface area contributed by atoms with Gasteiger partial charge in [0.05, 0.1) is 6.20 Å². The number of aromatic nitrogens is 1. The van der Waals surface area contributed by atoms with E-state index in [9.17, 15) is 0 Å². The van der Waals surface area contributed by atoms with Crippen LogP contribution in [0.15, 0.2) is 16.8 Å². The predicted molar refractivity (Wildman–Crippen MR) is 22.4 cm³/mol. The van der Waals surface area contributed by atoms with Crippen molar-refractivity contribution in [2.75, 3.05) is 0 Å². The fourth-order valence-electron chi connectivity index (χ4n) is 0.324. The molecule has 0 aliphatic carbocycles. The summed E-state index contributed by atoms with van der Waals surface area (Å²) in [6, 6.07) is 1.61. The molecule has 0 radical (unpaired) electrons. The molecule has 0 aliphatic heterocycles. The Labute approximate surface area is 40.6 Å². The molecule has 0 amide bonds. The van der Waals surface area contributed by atoms with Crippen LogP contribution in [0.5, 0.6) is 0 Å². The van der Waals surface area contributed by atoms with Crippen molar-refractivity contribution in [1.29, 1.82) is 0 Å². The molecule has 0 fully saturated rings. The molecule has 0 saturated heterocycles. The summed E-state index contributed by atoms with van der Waals surface area (Å²) >= 11 is 0. The average molecular weight is 99.1 g/mol. The van der Waals surface area contributed by atoms with Crippen molar-refractivity contribution in [3.05, 3.63) is 18.0 Å². The Morgan fingerprint density at radius 3 is 3.00 bits per heavy atom. The summed E-state index contributed by atoms with van der Waals surface area (Å²) in [5, 5.41) is 11.7. The van der Waals surface area contributed by atoms with Crippen LogP contribution in [0, 0.1) is 0 Å². The summed E-state index contributed by atoms with van der Waals surface area (Å²) in [7, 11) is 0. The van der Waals surface area contributed by atoms with Crippen LogP contribution >= 0.6 is 0 Å². The molecule has 0 unspecified atom stereocenters. The van der Waals surface area contributed by atoms with E-state index in [1.54, 1.807) is 6.07 Å². The van der Waals surface area contributed by atoms with E-state index in [-0.39, 0.29) is 6.61 Å². The van der Waals surface area contributed by atoms with E-state index in [4.69, 9.17) is 5.11 Å². The molecular formula is C4H5NO2. The zero-order chi connectivity index (χ0) is 5.11. The second-order valence-corrected chi connectivity index (χ2v) is 1.14. The summed E-state index contributed by atoms with van der Waals surface area (Å²) < 4.78 is 4.48. The molecule has 1 rings (SSSR count). The lowest BCUT2D eigenvalue weighted by Gasteiger charge is -1.76. The average Bonchev–Trinajstić information content (AvgIpc) is 2.14. The van der Waals surface area contributed by atoms with Crippen LogP contribution in [0.25, 0.3) is 0 Å². The summed E-state index contributed by atoms with van der Waals surface area (Å²) in [6.45, 7) is -0.0694. The van der Waals surface area contributed by atoms with Gasteiger partial charge in [-0.05, 0) is 0 Å². The van der Waals surface area contributed by atoms with Crippen molar-refractivity contribution in [2.24, 2.45) is 0 Å². The molecule has 3 heteroatoms. The Bertz CT molecular complexity index is 124. The Kier molecular flexibility index (Phi) is 1.08. The van der Waals surface area contributed by atoms with Gasteiger partial charge in [0.25, 0.3) is 0 Å². The lowest BCUT2D eigenvalue weighted by molar-refractivity contribution is 0.229. The lowest BCUT2D eigenvalue weighted by Crippen LogP contribution is -1.72. The number of nitrogens with zero attached hydrogens (tertiary/aromatic N) is 1. The minimum atomic E-state index is -0.0694. The number of aliphatic hydroxyl groups excluding tert-OH is 1. The maximum Gasteiger partial charge on any atom is 0.162 e. The third kappa shape index (κ3) is 0.778. The van der Waals surface area contributed by atoms with Gasteiger partial charge < -0.3 is 9.63 Å².